The molecule has 0 fully saturated rings. The molecular weight excluding hydrogens is 124 g/mol. The lowest BCUT2D eigenvalue weighted by Crippen LogP contribution is -2.15. The van der Waals surface area contributed by atoms with E-state index in [9.17, 15) is 0 Å². The minimum Gasteiger partial charge on any atom is -0.365 e. The molecule has 0 spiro atoms. The van der Waals surface area contributed by atoms with Gasteiger partial charge in [0.15, 0.2) is 0 Å². The Morgan fingerprint density at radius 3 is 2.40 bits per heavy atom. The maximum absolute atomic E-state index is 5.43. The van der Waals surface area contributed by atoms with Crippen LogP contribution in [0.5, 0.6) is 0 Å². The molecule has 0 aliphatic heterocycles. The lowest BCUT2D eigenvalue weighted by Gasteiger charge is -2.06. The van der Waals surface area contributed by atoms with Crippen LogP contribution in [0.1, 0.15) is 6.92 Å². The highest BCUT2D eigenvalue weighted by atomic mass is 15.0. The van der Waals surface area contributed by atoms with E-state index in [0.717, 1.165) is 5.69 Å². The van der Waals surface area contributed by atoms with Crippen molar-refractivity contribution in [3.63, 3.8) is 0 Å². The zero-order chi connectivity index (χ0) is 7.40. The highest BCUT2D eigenvalue weighted by Crippen LogP contribution is 2.06. The summed E-state index contributed by atoms with van der Waals surface area (Å²) >= 11 is 0. The molecule has 0 aliphatic carbocycles. The predicted molar refractivity (Wildman–Crippen MR) is 43.2 cm³/mol. The van der Waals surface area contributed by atoms with Crippen LogP contribution in [0.4, 0.5) is 5.69 Å². The van der Waals surface area contributed by atoms with Crippen molar-refractivity contribution in [2.24, 2.45) is 5.73 Å². The number of hydrogen-bond acceptors (Lipinski definition) is 2. The molecule has 10 heavy (non-hydrogen) atoms. The predicted octanol–water partition coefficient (Wildman–Crippen LogP) is 1.57. The summed E-state index contributed by atoms with van der Waals surface area (Å²) in [5.41, 5.74) is 6.46. The highest BCUT2D eigenvalue weighted by molar-refractivity contribution is 5.45. The molecule has 1 aromatic rings. The molecule has 0 heterocycles. The van der Waals surface area contributed by atoms with Crippen LogP contribution < -0.4 is 11.1 Å². The smallest absolute Gasteiger partial charge is 0.120 e. The molecular formula is C8H11N2. The van der Waals surface area contributed by atoms with Gasteiger partial charge in [0.2, 0.25) is 0 Å². The molecule has 0 bridgehead atoms. The number of hydrogen-bond donors (Lipinski definition) is 2. The van der Waals surface area contributed by atoms with E-state index in [2.05, 4.69) is 5.32 Å². The Morgan fingerprint density at radius 1 is 1.30 bits per heavy atom. The first kappa shape index (κ1) is 7.09. The van der Waals surface area contributed by atoms with Gasteiger partial charge in [-0.3, -0.25) is 0 Å². The van der Waals surface area contributed by atoms with Gasteiger partial charge in [-0.25, -0.2) is 0 Å². The Labute approximate surface area is 61.1 Å². The fourth-order valence-electron chi connectivity index (χ4n) is 0.749. The van der Waals surface area contributed by atoms with Gasteiger partial charge in [0.05, 0.1) is 0 Å². The molecule has 1 aromatic carbocycles. The van der Waals surface area contributed by atoms with Gasteiger partial charge in [-0.2, -0.15) is 0 Å². The van der Waals surface area contributed by atoms with E-state index < -0.39 is 0 Å². The third kappa shape index (κ3) is 2.07. The third-order valence-electron chi connectivity index (χ3n) is 1.12. The quantitative estimate of drug-likeness (QED) is 0.646. The summed E-state index contributed by atoms with van der Waals surface area (Å²) in [7, 11) is 0. The van der Waals surface area contributed by atoms with Gasteiger partial charge in [-0.1, -0.05) is 18.2 Å². The largest absolute Gasteiger partial charge is 0.365 e. The van der Waals surface area contributed by atoms with Crippen LogP contribution in [0, 0.1) is 6.17 Å². The lowest BCUT2D eigenvalue weighted by atomic mass is 10.3. The first-order valence-electron chi connectivity index (χ1n) is 3.20. The Kier molecular flexibility index (Phi) is 2.29. The Bertz CT molecular complexity index is 182. The summed E-state index contributed by atoms with van der Waals surface area (Å²) in [5, 5.41) is 3.00. The summed E-state index contributed by atoms with van der Waals surface area (Å²) < 4.78 is 0. The van der Waals surface area contributed by atoms with E-state index in [0.29, 0.717) is 6.17 Å². The van der Waals surface area contributed by atoms with Crippen molar-refractivity contribution in [3.05, 3.63) is 36.5 Å². The molecule has 0 saturated carbocycles. The molecule has 0 saturated heterocycles. The third-order valence-corrected chi connectivity index (χ3v) is 1.12. The number of anilines is 1. The molecule has 0 aliphatic rings. The highest BCUT2D eigenvalue weighted by Gasteiger charge is 1.92. The summed E-state index contributed by atoms with van der Waals surface area (Å²) in [5.74, 6) is 0. The Balaban J connectivity index is 2.59. The van der Waals surface area contributed by atoms with Crippen molar-refractivity contribution >= 4 is 5.69 Å². The summed E-state index contributed by atoms with van der Waals surface area (Å²) in [6.45, 7) is 1.83. The topological polar surface area (TPSA) is 38.0 Å². The second-order valence-corrected chi connectivity index (χ2v) is 2.17. The van der Waals surface area contributed by atoms with E-state index in [1.807, 2.05) is 37.3 Å². The van der Waals surface area contributed by atoms with Crippen LogP contribution in [0.2, 0.25) is 0 Å². The molecule has 2 heteroatoms. The monoisotopic (exact) mass is 135 g/mol. The van der Waals surface area contributed by atoms with Crippen molar-refractivity contribution in [2.75, 3.05) is 5.32 Å². The van der Waals surface area contributed by atoms with Crippen LogP contribution in [0.25, 0.3) is 0 Å². The van der Waals surface area contributed by atoms with Crippen LogP contribution >= 0.6 is 0 Å². The fraction of sp³-hybridized carbons (Fsp3) is 0.125. The first-order valence-corrected chi connectivity index (χ1v) is 3.20. The standard InChI is InChI=1S/C8H11N2/c1-7(9)10-8-5-3-2-4-6-8/h2-6,10H,9H2,1H3. The van der Waals surface area contributed by atoms with Gasteiger partial charge in [0.1, 0.15) is 6.17 Å². The van der Waals surface area contributed by atoms with Gasteiger partial charge < -0.3 is 11.1 Å². The van der Waals surface area contributed by atoms with Gasteiger partial charge in [-0.05, 0) is 19.1 Å². The molecule has 53 valence electrons. The Hall–Kier alpha value is -1.02. The van der Waals surface area contributed by atoms with E-state index in [-0.39, 0.29) is 0 Å². The molecule has 0 amide bonds. The average Bonchev–Trinajstić information content (AvgIpc) is 1.88. The van der Waals surface area contributed by atoms with Crippen LogP contribution in [0.3, 0.4) is 0 Å². The van der Waals surface area contributed by atoms with Gasteiger partial charge >= 0.3 is 0 Å². The van der Waals surface area contributed by atoms with Gasteiger partial charge in [0, 0.05) is 5.69 Å². The number of para-hydroxylation sites is 1. The van der Waals surface area contributed by atoms with Crippen LogP contribution in [-0.2, 0) is 0 Å². The average molecular weight is 135 g/mol. The van der Waals surface area contributed by atoms with Gasteiger partial charge in [-0.15, -0.1) is 0 Å². The minimum atomic E-state index is 0.714. The van der Waals surface area contributed by atoms with Crippen LogP contribution in [-0.4, -0.2) is 0 Å². The van der Waals surface area contributed by atoms with Gasteiger partial charge in [0.25, 0.3) is 0 Å². The maximum Gasteiger partial charge on any atom is 0.120 e. The zero-order valence-electron chi connectivity index (χ0n) is 5.96. The van der Waals surface area contributed by atoms with E-state index in [1.54, 1.807) is 0 Å². The Morgan fingerprint density at radius 2 is 1.90 bits per heavy atom. The molecule has 0 atom stereocenters. The van der Waals surface area contributed by atoms with Crippen molar-refractivity contribution < 1.29 is 0 Å². The number of nitrogens with two attached hydrogens (primary N) is 1. The zero-order valence-corrected chi connectivity index (χ0v) is 5.96. The second kappa shape index (κ2) is 3.22. The van der Waals surface area contributed by atoms with Crippen LogP contribution in [0.15, 0.2) is 30.3 Å². The van der Waals surface area contributed by atoms with E-state index in [4.69, 9.17) is 5.73 Å². The van der Waals surface area contributed by atoms with Crippen molar-refractivity contribution in [3.8, 4) is 0 Å². The molecule has 1 radical (unpaired) electrons. The minimum absolute atomic E-state index is 0.714. The lowest BCUT2D eigenvalue weighted by molar-refractivity contribution is 1.06. The summed E-state index contributed by atoms with van der Waals surface area (Å²) in [4.78, 5) is 0. The number of benzene rings is 1. The van der Waals surface area contributed by atoms with E-state index >= 15 is 0 Å². The van der Waals surface area contributed by atoms with Crippen molar-refractivity contribution in [1.82, 2.24) is 0 Å². The second-order valence-electron chi connectivity index (χ2n) is 2.17. The molecule has 1 rings (SSSR count). The number of rotatable bonds is 2. The normalized spacial score (nSPS) is 9.90. The van der Waals surface area contributed by atoms with Crippen molar-refractivity contribution in [2.45, 2.75) is 6.92 Å². The van der Waals surface area contributed by atoms with E-state index in [1.165, 1.54) is 0 Å². The molecule has 0 aromatic heterocycles. The molecule has 2 nitrogen and oxygen atoms in total. The maximum atomic E-state index is 5.43. The SMILES string of the molecule is C[C](N)Nc1ccccc1. The molecule has 0 unspecified atom stereocenters. The number of nitrogens with one attached hydrogen (secondary N) is 1. The molecule has 3 N–H and O–H groups in total. The summed E-state index contributed by atoms with van der Waals surface area (Å²) in [6.07, 6.45) is 0.714. The fourth-order valence-corrected chi connectivity index (χ4v) is 0.749. The first-order chi connectivity index (χ1) is 4.79. The van der Waals surface area contributed by atoms with Crippen molar-refractivity contribution in [1.29, 1.82) is 0 Å². The summed E-state index contributed by atoms with van der Waals surface area (Å²) in [6, 6.07) is 9.83.